The second-order valence-electron chi connectivity index (χ2n) is 7.12. The van der Waals surface area contributed by atoms with E-state index in [0.29, 0.717) is 22.4 Å². The van der Waals surface area contributed by atoms with Gasteiger partial charge in [-0.2, -0.15) is 0 Å². The standard InChI is InChI=1S/C19H18N4O3S/c1-19(2,3)15-9-16(23-26-15)22-17(24)13-10-27-18(21-13)20-12-5-4-11-6-7-25-14(11)8-12/h4-10H,1-3H3,(H,20,21)(H,22,23,24). The molecule has 4 aromatic rings. The van der Waals surface area contributed by atoms with Crippen LogP contribution in [0.2, 0.25) is 0 Å². The molecule has 1 aromatic carbocycles. The molecule has 0 fully saturated rings. The zero-order chi connectivity index (χ0) is 19.0. The van der Waals surface area contributed by atoms with E-state index in [9.17, 15) is 4.79 Å². The Kier molecular flexibility index (Phi) is 4.19. The third-order valence-electron chi connectivity index (χ3n) is 3.94. The number of carbonyl (C=O) groups excluding carboxylic acids is 1. The lowest BCUT2D eigenvalue weighted by Crippen LogP contribution is -2.13. The summed E-state index contributed by atoms with van der Waals surface area (Å²) in [5, 5.41) is 13.1. The van der Waals surface area contributed by atoms with Crippen LogP contribution in [0.25, 0.3) is 11.0 Å². The van der Waals surface area contributed by atoms with Gasteiger partial charge in [-0.25, -0.2) is 4.98 Å². The molecule has 0 spiro atoms. The number of rotatable bonds is 4. The van der Waals surface area contributed by atoms with E-state index in [1.807, 2.05) is 45.0 Å². The number of hydrogen-bond donors (Lipinski definition) is 2. The van der Waals surface area contributed by atoms with Gasteiger partial charge in [0.25, 0.3) is 5.91 Å². The topological polar surface area (TPSA) is 93.2 Å². The van der Waals surface area contributed by atoms with Crippen LogP contribution in [-0.4, -0.2) is 16.0 Å². The number of nitrogens with one attached hydrogen (secondary N) is 2. The zero-order valence-electron chi connectivity index (χ0n) is 15.1. The fourth-order valence-electron chi connectivity index (χ4n) is 2.46. The summed E-state index contributed by atoms with van der Waals surface area (Å²) in [5.74, 6) is 0.733. The summed E-state index contributed by atoms with van der Waals surface area (Å²) >= 11 is 1.34. The Morgan fingerprint density at radius 3 is 2.81 bits per heavy atom. The van der Waals surface area contributed by atoms with E-state index in [2.05, 4.69) is 20.8 Å². The van der Waals surface area contributed by atoms with Crippen LogP contribution in [0.1, 0.15) is 37.0 Å². The number of anilines is 3. The van der Waals surface area contributed by atoms with Crippen LogP contribution < -0.4 is 10.6 Å². The predicted octanol–water partition coefficient (Wildman–Crippen LogP) is 5.17. The molecule has 27 heavy (non-hydrogen) atoms. The molecule has 3 heterocycles. The van der Waals surface area contributed by atoms with Crippen molar-refractivity contribution in [2.24, 2.45) is 0 Å². The summed E-state index contributed by atoms with van der Waals surface area (Å²) < 4.78 is 10.7. The minimum absolute atomic E-state index is 0.178. The van der Waals surface area contributed by atoms with Crippen molar-refractivity contribution in [1.29, 1.82) is 0 Å². The molecule has 3 aromatic heterocycles. The van der Waals surface area contributed by atoms with E-state index in [-0.39, 0.29) is 11.3 Å². The molecular formula is C19H18N4O3S. The Bertz CT molecular complexity index is 1100. The molecule has 0 atom stereocenters. The molecule has 0 unspecified atom stereocenters. The molecule has 0 saturated heterocycles. The van der Waals surface area contributed by atoms with E-state index in [4.69, 9.17) is 8.94 Å². The average molecular weight is 382 g/mol. The normalized spacial score (nSPS) is 11.7. The fraction of sp³-hybridized carbons (Fsp3) is 0.211. The van der Waals surface area contributed by atoms with Crippen LogP contribution in [-0.2, 0) is 5.41 Å². The maximum atomic E-state index is 12.4. The van der Waals surface area contributed by atoms with Crippen LogP contribution in [0.5, 0.6) is 0 Å². The van der Waals surface area contributed by atoms with Gasteiger partial charge < -0.3 is 19.6 Å². The Morgan fingerprint density at radius 1 is 1.19 bits per heavy atom. The number of aromatic nitrogens is 2. The van der Waals surface area contributed by atoms with Crippen LogP contribution in [0.15, 0.2) is 50.9 Å². The molecule has 7 nitrogen and oxygen atoms in total. The van der Waals surface area contributed by atoms with Gasteiger partial charge >= 0.3 is 0 Å². The molecule has 2 N–H and O–H groups in total. The lowest BCUT2D eigenvalue weighted by Gasteiger charge is -2.11. The first kappa shape index (κ1) is 17.3. The second-order valence-corrected chi connectivity index (χ2v) is 7.97. The van der Waals surface area contributed by atoms with Gasteiger partial charge in [0.15, 0.2) is 10.9 Å². The highest BCUT2D eigenvalue weighted by Gasteiger charge is 2.21. The molecular weight excluding hydrogens is 364 g/mol. The van der Waals surface area contributed by atoms with Crippen molar-refractivity contribution in [1.82, 2.24) is 10.1 Å². The largest absolute Gasteiger partial charge is 0.464 e. The number of hydrogen-bond acceptors (Lipinski definition) is 7. The maximum Gasteiger partial charge on any atom is 0.276 e. The highest BCUT2D eigenvalue weighted by molar-refractivity contribution is 7.14. The minimum Gasteiger partial charge on any atom is -0.464 e. The van der Waals surface area contributed by atoms with Gasteiger partial charge in [0.1, 0.15) is 17.0 Å². The van der Waals surface area contributed by atoms with Crippen molar-refractivity contribution < 1.29 is 13.7 Å². The Labute approximate surface area is 159 Å². The number of amides is 1. The van der Waals surface area contributed by atoms with Gasteiger partial charge in [0.2, 0.25) is 0 Å². The summed E-state index contributed by atoms with van der Waals surface area (Å²) in [5.41, 5.74) is 1.75. The first-order chi connectivity index (χ1) is 12.9. The van der Waals surface area contributed by atoms with Crippen molar-refractivity contribution in [2.75, 3.05) is 10.6 Å². The van der Waals surface area contributed by atoms with Crippen molar-refractivity contribution in [3.05, 3.63) is 53.4 Å². The van der Waals surface area contributed by atoms with Crippen LogP contribution in [0, 0.1) is 0 Å². The van der Waals surface area contributed by atoms with Gasteiger partial charge in [-0.1, -0.05) is 25.9 Å². The van der Waals surface area contributed by atoms with Crippen LogP contribution >= 0.6 is 11.3 Å². The van der Waals surface area contributed by atoms with Crippen LogP contribution in [0.4, 0.5) is 16.6 Å². The third-order valence-corrected chi connectivity index (χ3v) is 4.69. The summed E-state index contributed by atoms with van der Waals surface area (Å²) in [6.07, 6.45) is 1.65. The van der Waals surface area contributed by atoms with E-state index in [0.717, 1.165) is 16.7 Å². The van der Waals surface area contributed by atoms with E-state index in [1.165, 1.54) is 11.3 Å². The van der Waals surface area contributed by atoms with Gasteiger partial charge in [0, 0.05) is 34.0 Å². The van der Waals surface area contributed by atoms with Crippen molar-refractivity contribution in [2.45, 2.75) is 26.2 Å². The van der Waals surface area contributed by atoms with Crippen molar-refractivity contribution >= 4 is 44.9 Å². The highest BCUT2D eigenvalue weighted by Crippen LogP contribution is 2.26. The first-order valence-corrected chi connectivity index (χ1v) is 9.25. The smallest absolute Gasteiger partial charge is 0.276 e. The molecule has 138 valence electrons. The van der Waals surface area contributed by atoms with Gasteiger partial charge in [0.05, 0.1) is 6.26 Å². The lowest BCUT2D eigenvalue weighted by atomic mass is 9.93. The van der Waals surface area contributed by atoms with E-state index < -0.39 is 0 Å². The van der Waals surface area contributed by atoms with Crippen molar-refractivity contribution in [3.8, 4) is 0 Å². The second kappa shape index (κ2) is 6.55. The van der Waals surface area contributed by atoms with Crippen molar-refractivity contribution in [3.63, 3.8) is 0 Å². The Balaban J connectivity index is 1.45. The van der Waals surface area contributed by atoms with Crippen LogP contribution in [0.3, 0.4) is 0 Å². The highest BCUT2D eigenvalue weighted by atomic mass is 32.1. The molecule has 0 bridgehead atoms. The number of nitrogens with zero attached hydrogens (tertiary/aromatic N) is 2. The number of carbonyl (C=O) groups is 1. The average Bonchev–Trinajstić information content (AvgIpc) is 3.33. The van der Waals surface area contributed by atoms with Gasteiger partial charge in [-0.15, -0.1) is 11.3 Å². The molecule has 0 saturated carbocycles. The van der Waals surface area contributed by atoms with E-state index in [1.54, 1.807) is 17.7 Å². The zero-order valence-corrected chi connectivity index (χ0v) is 15.9. The molecule has 8 heteroatoms. The summed E-state index contributed by atoms with van der Waals surface area (Å²) in [4.78, 5) is 16.7. The number of furan rings is 1. The number of fused-ring (bicyclic) bond motifs is 1. The molecule has 0 aliphatic heterocycles. The molecule has 0 radical (unpaired) electrons. The van der Waals surface area contributed by atoms with Gasteiger partial charge in [-0.3, -0.25) is 4.79 Å². The quantitative estimate of drug-likeness (QED) is 0.506. The van der Waals surface area contributed by atoms with E-state index >= 15 is 0 Å². The number of benzene rings is 1. The molecule has 4 rings (SSSR count). The number of thiazole rings is 1. The monoisotopic (exact) mass is 382 g/mol. The molecule has 0 aliphatic carbocycles. The Hall–Kier alpha value is -3.13. The summed E-state index contributed by atoms with van der Waals surface area (Å²) in [7, 11) is 0. The summed E-state index contributed by atoms with van der Waals surface area (Å²) in [6, 6.07) is 9.41. The molecule has 1 amide bonds. The SMILES string of the molecule is CC(C)(C)c1cc(NC(=O)c2csc(Nc3ccc4ccoc4c3)n2)no1. The first-order valence-electron chi connectivity index (χ1n) is 8.37. The van der Waals surface area contributed by atoms with Gasteiger partial charge in [-0.05, 0) is 18.2 Å². The fourth-order valence-corrected chi connectivity index (χ4v) is 3.17. The molecule has 0 aliphatic rings. The predicted molar refractivity (Wildman–Crippen MR) is 105 cm³/mol. The minimum atomic E-state index is -0.338. The third kappa shape index (κ3) is 3.70. The summed E-state index contributed by atoms with van der Waals surface area (Å²) in [6.45, 7) is 6.03. The maximum absolute atomic E-state index is 12.4. The Morgan fingerprint density at radius 2 is 2.04 bits per heavy atom. The lowest BCUT2D eigenvalue weighted by molar-refractivity contribution is 0.102.